The molecule has 2 aliphatic rings. The quantitative estimate of drug-likeness (QED) is 0.941. The monoisotopic (exact) mass is 306 g/mol. The second-order valence-corrected chi connectivity index (χ2v) is 6.52. The first-order valence-electron chi connectivity index (χ1n) is 8.53. The third-order valence-electron chi connectivity index (χ3n) is 5.10. The Morgan fingerprint density at radius 3 is 2.65 bits per heavy atom. The van der Waals surface area contributed by atoms with Crippen molar-refractivity contribution >= 4 is 11.6 Å². The number of aryl methyl sites for hydroxylation is 2. The Morgan fingerprint density at radius 1 is 1.09 bits per heavy atom. The number of carbonyl (C=O) groups is 1. The molecule has 1 heterocycles. The van der Waals surface area contributed by atoms with Crippen molar-refractivity contribution in [3.63, 3.8) is 0 Å². The van der Waals surface area contributed by atoms with Crippen molar-refractivity contribution in [3.05, 3.63) is 65.2 Å². The number of nitrogens with zero attached hydrogens (tertiary/aromatic N) is 1. The Hall–Kier alpha value is -2.29. The Morgan fingerprint density at radius 2 is 1.91 bits per heavy atom. The number of benzene rings is 2. The van der Waals surface area contributed by atoms with E-state index < -0.39 is 0 Å². The average Bonchev–Trinajstić information content (AvgIpc) is 3.03. The van der Waals surface area contributed by atoms with E-state index in [1.807, 2.05) is 12.1 Å². The van der Waals surface area contributed by atoms with E-state index in [0.717, 1.165) is 31.4 Å². The van der Waals surface area contributed by atoms with Crippen LogP contribution in [0.5, 0.6) is 0 Å². The van der Waals surface area contributed by atoms with E-state index in [2.05, 4.69) is 46.6 Å². The summed E-state index contributed by atoms with van der Waals surface area (Å²) in [5.74, 6) is 0.0552. The van der Waals surface area contributed by atoms with Gasteiger partial charge in [-0.1, -0.05) is 24.3 Å². The van der Waals surface area contributed by atoms with Gasteiger partial charge in [0.2, 0.25) is 0 Å². The normalized spacial score (nSPS) is 19.1. The molecule has 1 aliphatic carbocycles. The van der Waals surface area contributed by atoms with Gasteiger partial charge in [0, 0.05) is 30.4 Å². The summed E-state index contributed by atoms with van der Waals surface area (Å²) in [7, 11) is 0. The summed E-state index contributed by atoms with van der Waals surface area (Å²) in [6.07, 6.45) is 4.60. The highest BCUT2D eigenvalue weighted by molar-refractivity contribution is 5.94. The van der Waals surface area contributed by atoms with Crippen LogP contribution < -0.4 is 10.2 Å². The molecular formula is C20H22N2O. The van der Waals surface area contributed by atoms with Crippen LogP contribution in [0.4, 0.5) is 5.69 Å². The maximum Gasteiger partial charge on any atom is 0.251 e. The predicted molar refractivity (Wildman–Crippen MR) is 93.0 cm³/mol. The largest absolute Gasteiger partial charge is 0.367 e. The number of nitrogens with one attached hydrogen (secondary N) is 1. The first-order chi connectivity index (χ1) is 11.3. The summed E-state index contributed by atoms with van der Waals surface area (Å²) >= 11 is 0. The fraction of sp³-hybridized carbons (Fsp3) is 0.350. The van der Waals surface area contributed by atoms with Crippen LogP contribution in [0.1, 0.15) is 34.3 Å². The van der Waals surface area contributed by atoms with Crippen molar-refractivity contribution in [2.45, 2.75) is 31.7 Å². The molecule has 2 aromatic carbocycles. The maximum atomic E-state index is 12.4. The third-order valence-corrected chi connectivity index (χ3v) is 5.10. The molecule has 1 aliphatic heterocycles. The zero-order chi connectivity index (χ0) is 15.6. The second kappa shape index (κ2) is 6.07. The fourth-order valence-electron chi connectivity index (χ4n) is 3.66. The van der Waals surface area contributed by atoms with Gasteiger partial charge in [0.1, 0.15) is 0 Å². The Bertz CT molecular complexity index is 711. The molecule has 0 bridgehead atoms. The third kappa shape index (κ3) is 2.83. The van der Waals surface area contributed by atoms with E-state index in [1.165, 1.54) is 23.2 Å². The fourth-order valence-corrected chi connectivity index (χ4v) is 3.66. The number of rotatable bonds is 4. The van der Waals surface area contributed by atoms with Crippen LogP contribution in [0.3, 0.4) is 0 Å². The minimum Gasteiger partial charge on any atom is -0.367 e. The van der Waals surface area contributed by atoms with Crippen molar-refractivity contribution in [3.8, 4) is 0 Å². The highest BCUT2D eigenvalue weighted by atomic mass is 16.1. The molecule has 118 valence electrons. The maximum absolute atomic E-state index is 12.4. The van der Waals surface area contributed by atoms with Crippen LogP contribution >= 0.6 is 0 Å². The molecule has 1 amide bonds. The molecule has 3 nitrogen and oxygen atoms in total. The Labute approximate surface area is 137 Å². The van der Waals surface area contributed by atoms with Crippen molar-refractivity contribution in [2.75, 3.05) is 18.0 Å². The van der Waals surface area contributed by atoms with Gasteiger partial charge >= 0.3 is 0 Å². The molecule has 1 atom stereocenters. The van der Waals surface area contributed by atoms with Gasteiger partial charge in [-0.05, 0) is 61.1 Å². The second-order valence-electron chi connectivity index (χ2n) is 6.52. The number of anilines is 1. The SMILES string of the molecule is O=C(NC[C@@H]1CCCN1c1ccccc1)c1ccc2c(c1)CC2. The van der Waals surface area contributed by atoms with Crippen LogP contribution in [0, 0.1) is 0 Å². The first-order valence-corrected chi connectivity index (χ1v) is 8.53. The van der Waals surface area contributed by atoms with Crippen molar-refractivity contribution < 1.29 is 4.79 Å². The lowest BCUT2D eigenvalue weighted by Gasteiger charge is -2.27. The topological polar surface area (TPSA) is 32.3 Å². The summed E-state index contributed by atoms with van der Waals surface area (Å²) in [4.78, 5) is 14.8. The molecular weight excluding hydrogens is 284 g/mol. The molecule has 0 aromatic heterocycles. The summed E-state index contributed by atoms with van der Waals surface area (Å²) in [5, 5.41) is 3.13. The minimum atomic E-state index is 0.0552. The lowest BCUT2D eigenvalue weighted by molar-refractivity contribution is 0.0951. The van der Waals surface area contributed by atoms with Crippen molar-refractivity contribution in [1.82, 2.24) is 5.32 Å². The molecule has 23 heavy (non-hydrogen) atoms. The van der Waals surface area contributed by atoms with E-state index in [-0.39, 0.29) is 5.91 Å². The van der Waals surface area contributed by atoms with E-state index >= 15 is 0 Å². The van der Waals surface area contributed by atoms with E-state index in [9.17, 15) is 4.79 Å². The van der Waals surface area contributed by atoms with Crippen LogP contribution in [0.2, 0.25) is 0 Å². The van der Waals surface area contributed by atoms with E-state index in [4.69, 9.17) is 0 Å². The zero-order valence-electron chi connectivity index (χ0n) is 13.3. The van der Waals surface area contributed by atoms with E-state index in [0.29, 0.717) is 12.6 Å². The van der Waals surface area contributed by atoms with Crippen LogP contribution in [0.15, 0.2) is 48.5 Å². The molecule has 3 heteroatoms. The number of fused-ring (bicyclic) bond motifs is 1. The highest BCUT2D eigenvalue weighted by Gasteiger charge is 2.25. The van der Waals surface area contributed by atoms with Crippen molar-refractivity contribution in [1.29, 1.82) is 0 Å². The summed E-state index contributed by atoms with van der Waals surface area (Å²) < 4.78 is 0. The molecule has 2 aromatic rings. The molecule has 0 unspecified atom stereocenters. The van der Waals surface area contributed by atoms with Crippen molar-refractivity contribution in [2.24, 2.45) is 0 Å². The minimum absolute atomic E-state index is 0.0552. The molecule has 1 saturated heterocycles. The van der Waals surface area contributed by atoms with Gasteiger partial charge in [-0.25, -0.2) is 0 Å². The van der Waals surface area contributed by atoms with Gasteiger partial charge in [0.05, 0.1) is 0 Å². The molecule has 4 rings (SSSR count). The highest BCUT2D eigenvalue weighted by Crippen LogP contribution is 2.25. The van der Waals surface area contributed by atoms with Gasteiger partial charge in [0.15, 0.2) is 0 Å². The van der Waals surface area contributed by atoms with Gasteiger partial charge in [-0.3, -0.25) is 4.79 Å². The predicted octanol–water partition coefficient (Wildman–Crippen LogP) is 3.18. The van der Waals surface area contributed by atoms with Gasteiger partial charge in [-0.2, -0.15) is 0 Å². The molecule has 0 saturated carbocycles. The van der Waals surface area contributed by atoms with E-state index in [1.54, 1.807) is 0 Å². The number of hydrogen-bond acceptors (Lipinski definition) is 2. The Kier molecular flexibility index (Phi) is 3.78. The zero-order valence-corrected chi connectivity index (χ0v) is 13.3. The number of hydrogen-bond donors (Lipinski definition) is 1. The van der Waals surface area contributed by atoms with Gasteiger partial charge in [0.25, 0.3) is 5.91 Å². The molecule has 0 spiro atoms. The molecule has 1 fully saturated rings. The Balaban J connectivity index is 1.39. The van der Waals surface area contributed by atoms with Gasteiger partial charge < -0.3 is 10.2 Å². The number of carbonyl (C=O) groups excluding carboxylic acids is 1. The number of para-hydroxylation sites is 1. The summed E-state index contributed by atoms with van der Waals surface area (Å²) in [5.41, 5.74) is 4.79. The lowest BCUT2D eigenvalue weighted by Crippen LogP contribution is -2.40. The first kappa shape index (κ1) is 14.3. The average molecular weight is 306 g/mol. The molecule has 0 radical (unpaired) electrons. The summed E-state index contributed by atoms with van der Waals surface area (Å²) in [6.45, 7) is 1.79. The van der Waals surface area contributed by atoms with Gasteiger partial charge in [-0.15, -0.1) is 0 Å². The van der Waals surface area contributed by atoms with Crippen LogP contribution in [0.25, 0.3) is 0 Å². The van der Waals surface area contributed by atoms with Crippen LogP contribution in [-0.2, 0) is 12.8 Å². The summed E-state index contributed by atoms with van der Waals surface area (Å²) in [6, 6.07) is 17.0. The smallest absolute Gasteiger partial charge is 0.251 e. The lowest BCUT2D eigenvalue weighted by atomic mass is 9.87. The molecule has 1 N–H and O–H groups in total. The number of amides is 1. The standard InChI is InChI=1S/C20H22N2O/c23-20(17-11-9-15-8-10-16(15)13-17)21-14-19-7-4-12-22(19)18-5-2-1-3-6-18/h1-3,5-6,9,11,13,19H,4,7-8,10,12,14H2,(H,21,23)/t19-/m0/s1. The van der Waals surface area contributed by atoms with Crippen LogP contribution in [-0.4, -0.2) is 25.0 Å².